The number of aliphatic carboxylic acids is 1. The maximum atomic E-state index is 13.7. The van der Waals surface area contributed by atoms with Gasteiger partial charge in [-0.25, -0.2) is 9.18 Å². The molecule has 0 aliphatic heterocycles. The number of hydrogen-bond acceptors (Lipinski definition) is 3. The molecular formula is C17H14FNO4. The minimum atomic E-state index is -1.63. The van der Waals surface area contributed by atoms with Crippen molar-refractivity contribution >= 4 is 23.6 Å². The van der Waals surface area contributed by atoms with E-state index in [-0.39, 0.29) is 5.82 Å². The monoisotopic (exact) mass is 315 g/mol. The second kappa shape index (κ2) is 7.31. The van der Waals surface area contributed by atoms with Crippen LogP contribution in [0.1, 0.15) is 17.7 Å². The van der Waals surface area contributed by atoms with E-state index in [1.165, 1.54) is 12.1 Å². The highest BCUT2D eigenvalue weighted by molar-refractivity contribution is 6.37. The summed E-state index contributed by atoms with van der Waals surface area (Å²) in [5.41, 5.74) is 1.15. The number of ketones is 2. The molecule has 0 unspecified atom stereocenters. The fourth-order valence-corrected chi connectivity index (χ4v) is 2.00. The Labute approximate surface area is 131 Å². The van der Waals surface area contributed by atoms with E-state index < -0.39 is 24.0 Å². The molecule has 118 valence electrons. The fourth-order valence-electron chi connectivity index (χ4n) is 2.00. The summed E-state index contributed by atoms with van der Waals surface area (Å²) in [6.07, 6.45) is 3.67. The van der Waals surface area contributed by atoms with Gasteiger partial charge < -0.3 is 9.67 Å². The quantitative estimate of drug-likeness (QED) is 0.483. The number of hydrogen-bond donors (Lipinski definition) is 1. The summed E-state index contributed by atoms with van der Waals surface area (Å²) in [4.78, 5) is 32.9. The van der Waals surface area contributed by atoms with E-state index in [0.29, 0.717) is 17.8 Å². The summed E-state index contributed by atoms with van der Waals surface area (Å²) in [7, 11) is 0. The van der Waals surface area contributed by atoms with Crippen LogP contribution in [-0.4, -0.2) is 27.2 Å². The summed E-state index contributed by atoms with van der Waals surface area (Å²) in [6, 6.07) is 9.85. The molecule has 0 spiro atoms. The number of rotatable bonds is 7. The van der Waals surface area contributed by atoms with Gasteiger partial charge in [0.1, 0.15) is 5.82 Å². The Morgan fingerprint density at radius 3 is 2.57 bits per heavy atom. The van der Waals surface area contributed by atoms with Crippen molar-refractivity contribution in [1.29, 1.82) is 0 Å². The van der Waals surface area contributed by atoms with E-state index in [2.05, 4.69) is 0 Å². The molecule has 1 heterocycles. The van der Waals surface area contributed by atoms with Crippen LogP contribution in [-0.2, 0) is 20.9 Å². The van der Waals surface area contributed by atoms with Gasteiger partial charge in [-0.3, -0.25) is 9.59 Å². The van der Waals surface area contributed by atoms with Crippen LogP contribution in [0.25, 0.3) is 6.08 Å². The van der Waals surface area contributed by atoms with Crippen molar-refractivity contribution in [3.63, 3.8) is 0 Å². The zero-order valence-corrected chi connectivity index (χ0v) is 12.1. The molecule has 0 radical (unpaired) electrons. The number of nitrogens with zero attached hydrogens (tertiary/aromatic N) is 1. The van der Waals surface area contributed by atoms with E-state index in [1.807, 2.05) is 0 Å². The summed E-state index contributed by atoms with van der Waals surface area (Å²) in [6.45, 7) is 0.293. The highest BCUT2D eigenvalue weighted by atomic mass is 19.1. The van der Waals surface area contributed by atoms with Crippen LogP contribution in [0, 0.1) is 5.82 Å². The Morgan fingerprint density at radius 1 is 1.13 bits per heavy atom. The van der Waals surface area contributed by atoms with E-state index in [0.717, 1.165) is 6.08 Å². The first-order chi connectivity index (χ1) is 11.0. The predicted molar refractivity (Wildman–Crippen MR) is 81.2 cm³/mol. The third-order valence-electron chi connectivity index (χ3n) is 3.18. The third-order valence-corrected chi connectivity index (χ3v) is 3.18. The van der Waals surface area contributed by atoms with Crippen molar-refractivity contribution in [2.45, 2.75) is 13.0 Å². The van der Waals surface area contributed by atoms with Gasteiger partial charge in [0, 0.05) is 17.5 Å². The lowest BCUT2D eigenvalue weighted by Crippen LogP contribution is -2.15. The SMILES string of the molecule is O=C(/C=C/c1cccn1Cc1ccccc1F)CC(=O)C(=O)O. The molecule has 0 atom stereocenters. The third kappa shape index (κ3) is 4.47. The first kappa shape index (κ1) is 16.4. The number of halogens is 1. The molecule has 0 saturated heterocycles. The van der Waals surface area contributed by atoms with Crippen LogP contribution < -0.4 is 0 Å². The molecule has 0 bridgehead atoms. The lowest BCUT2D eigenvalue weighted by Gasteiger charge is -2.07. The van der Waals surface area contributed by atoms with E-state index >= 15 is 0 Å². The molecule has 0 saturated carbocycles. The van der Waals surface area contributed by atoms with Crippen LogP contribution in [0.3, 0.4) is 0 Å². The Hall–Kier alpha value is -3.02. The van der Waals surface area contributed by atoms with Crippen molar-refractivity contribution in [1.82, 2.24) is 4.57 Å². The molecule has 1 aromatic carbocycles. The average molecular weight is 315 g/mol. The summed E-state index contributed by atoms with van der Waals surface area (Å²) >= 11 is 0. The number of carbonyl (C=O) groups excluding carboxylic acids is 2. The number of Topliss-reactive ketones (excluding diaryl/α,β-unsaturated/α-hetero) is 1. The maximum Gasteiger partial charge on any atom is 0.372 e. The van der Waals surface area contributed by atoms with Crippen molar-refractivity contribution in [3.8, 4) is 0 Å². The molecule has 23 heavy (non-hydrogen) atoms. The summed E-state index contributed by atoms with van der Waals surface area (Å²) < 4.78 is 15.4. The minimum Gasteiger partial charge on any atom is -0.475 e. The molecule has 2 rings (SSSR count). The number of allylic oxidation sites excluding steroid dienone is 1. The van der Waals surface area contributed by atoms with Gasteiger partial charge in [-0.15, -0.1) is 0 Å². The van der Waals surface area contributed by atoms with Crippen molar-refractivity contribution in [2.75, 3.05) is 0 Å². The first-order valence-electron chi connectivity index (χ1n) is 6.83. The van der Waals surface area contributed by atoms with Crippen molar-refractivity contribution in [2.24, 2.45) is 0 Å². The smallest absolute Gasteiger partial charge is 0.372 e. The van der Waals surface area contributed by atoms with E-state index in [1.54, 1.807) is 41.1 Å². The molecule has 5 nitrogen and oxygen atoms in total. The number of benzene rings is 1. The molecule has 1 aromatic heterocycles. The maximum absolute atomic E-state index is 13.7. The molecule has 0 amide bonds. The van der Waals surface area contributed by atoms with Gasteiger partial charge in [-0.1, -0.05) is 18.2 Å². The Balaban J connectivity index is 2.08. The zero-order valence-electron chi connectivity index (χ0n) is 12.1. The normalized spacial score (nSPS) is 10.8. The lowest BCUT2D eigenvalue weighted by atomic mass is 10.2. The standard InChI is InChI=1S/C17H14FNO4/c18-15-6-2-1-4-12(15)11-19-9-3-5-13(19)7-8-14(20)10-16(21)17(22)23/h1-9H,10-11H2,(H,22,23)/b8-7+. The molecule has 0 fully saturated rings. The number of carbonyl (C=O) groups is 3. The number of aromatic nitrogens is 1. The Morgan fingerprint density at radius 2 is 1.87 bits per heavy atom. The second-order valence-corrected chi connectivity index (χ2v) is 4.86. The Kier molecular flexibility index (Phi) is 5.19. The van der Waals surface area contributed by atoms with E-state index in [4.69, 9.17) is 5.11 Å². The van der Waals surface area contributed by atoms with Gasteiger partial charge in [-0.05, 0) is 30.4 Å². The highest BCUT2D eigenvalue weighted by Gasteiger charge is 2.14. The second-order valence-electron chi connectivity index (χ2n) is 4.86. The van der Waals surface area contributed by atoms with Crippen LogP contribution in [0.5, 0.6) is 0 Å². The van der Waals surface area contributed by atoms with Gasteiger partial charge in [0.15, 0.2) is 5.78 Å². The largest absolute Gasteiger partial charge is 0.475 e. The summed E-state index contributed by atoms with van der Waals surface area (Å²) in [5, 5.41) is 8.45. The molecule has 0 aliphatic rings. The van der Waals surface area contributed by atoms with Crippen LogP contribution in [0.4, 0.5) is 4.39 Å². The van der Waals surface area contributed by atoms with Gasteiger partial charge in [0.05, 0.1) is 13.0 Å². The molecule has 1 N–H and O–H groups in total. The van der Waals surface area contributed by atoms with Gasteiger partial charge in [-0.2, -0.15) is 0 Å². The van der Waals surface area contributed by atoms with Gasteiger partial charge in [0.2, 0.25) is 5.78 Å². The van der Waals surface area contributed by atoms with Crippen LogP contribution >= 0.6 is 0 Å². The fraction of sp³-hybridized carbons (Fsp3) is 0.118. The highest BCUT2D eigenvalue weighted by Crippen LogP contribution is 2.12. The van der Waals surface area contributed by atoms with Crippen molar-refractivity contribution < 1.29 is 23.9 Å². The average Bonchev–Trinajstić information content (AvgIpc) is 2.94. The minimum absolute atomic E-state index is 0.293. The number of carboxylic acids is 1. The van der Waals surface area contributed by atoms with E-state index in [9.17, 15) is 18.8 Å². The topological polar surface area (TPSA) is 76.4 Å². The van der Waals surface area contributed by atoms with Crippen LogP contribution in [0.2, 0.25) is 0 Å². The predicted octanol–water partition coefficient (Wildman–Crippen LogP) is 2.30. The van der Waals surface area contributed by atoms with Crippen LogP contribution in [0.15, 0.2) is 48.7 Å². The number of carboxylic acid groups (broad SMARTS) is 1. The molecular weight excluding hydrogens is 301 g/mol. The Bertz CT molecular complexity index is 776. The van der Waals surface area contributed by atoms with Gasteiger partial charge in [0.25, 0.3) is 0 Å². The molecule has 2 aromatic rings. The zero-order chi connectivity index (χ0) is 16.8. The molecule has 0 aliphatic carbocycles. The first-order valence-corrected chi connectivity index (χ1v) is 6.83. The lowest BCUT2D eigenvalue weighted by molar-refractivity contribution is -0.149. The van der Waals surface area contributed by atoms with Gasteiger partial charge >= 0.3 is 5.97 Å². The summed E-state index contributed by atoms with van der Waals surface area (Å²) in [5.74, 6) is -3.70. The van der Waals surface area contributed by atoms with Crippen molar-refractivity contribution in [3.05, 3.63) is 65.7 Å². The molecule has 6 heteroatoms.